The van der Waals surface area contributed by atoms with E-state index in [1.165, 1.54) is 18.2 Å². The smallest absolute Gasteiger partial charge is 0.335 e. The lowest BCUT2D eigenvalue weighted by Gasteiger charge is -2.09. The number of anilines is 1. The van der Waals surface area contributed by atoms with Gasteiger partial charge in [-0.3, -0.25) is 4.79 Å². The molecule has 0 atom stereocenters. The standard InChI is InChI=1S/C11H12BrN3O4/c12-7-2-1-6(10(17)18)5-8(7)15-11(19)14-4-3-9(13)16/h1-2,5H,3-4H2,(H2,13,16)(H,17,18)(H2,14,15,19). The first-order valence-electron chi connectivity index (χ1n) is 5.26. The normalized spacial score (nSPS) is 9.74. The molecule has 0 unspecified atom stereocenters. The van der Waals surface area contributed by atoms with Gasteiger partial charge < -0.3 is 21.5 Å². The number of hydrogen-bond acceptors (Lipinski definition) is 3. The van der Waals surface area contributed by atoms with Crippen LogP contribution in [0.4, 0.5) is 10.5 Å². The third kappa shape index (κ3) is 4.96. The minimum Gasteiger partial charge on any atom is -0.478 e. The molecule has 1 aromatic carbocycles. The molecule has 0 saturated carbocycles. The molecule has 1 aromatic rings. The zero-order valence-electron chi connectivity index (χ0n) is 9.77. The van der Waals surface area contributed by atoms with Crippen LogP contribution in [0.5, 0.6) is 0 Å². The number of aromatic carboxylic acids is 1. The van der Waals surface area contributed by atoms with Gasteiger partial charge in [0.2, 0.25) is 5.91 Å². The average molecular weight is 330 g/mol. The van der Waals surface area contributed by atoms with Crippen molar-refractivity contribution in [1.29, 1.82) is 0 Å². The van der Waals surface area contributed by atoms with Crippen molar-refractivity contribution in [3.05, 3.63) is 28.2 Å². The maximum absolute atomic E-state index is 11.5. The number of carbonyl (C=O) groups excluding carboxylic acids is 2. The number of amides is 3. The molecule has 0 saturated heterocycles. The Morgan fingerprint density at radius 1 is 1.32 bits per heavy atom. The van der Waals surface area contributed by atoms with Crippen molar-refractivity contribution >= 4 is 39.5 Å². The molecule has 8 heteroatoms. The van der Waals surface area contributed by atoms with Gasteiger partial charge in [0.1, 0.15) is 0 Å². The molecule has 19 heavy (non-hydrogen) atoms. The Balaban J connectivity index is 2.65. The van der Waals surface area contributed by atoms with Crippen LogP contribution >= 0.6 is 15.9 Å². The van der Waals surface area contributed by atoms with Crippen LogP contribution in [0.25, 0.3) is 0 Å². The highest BCUT2D eigenvalue weighted by molar-refractivity contribution is 9.10. The topological polar surface area (TPSA) is 122 Å². The third-order valence-corrected chi connectivity index (χ3v) is 2.81. The van der Waals surface area contributed by atoms with Crippen LogP contribution in [0.15, 0.2) is 22.7 Å². The van der Waals surface area contributed by atoms with Gasteiger partial charge in [0.25, 0.3) is 0 Å². The number of rotatable bonds is 5. The lowest BCUT2D eigenvalue weighted by molar-refractivity contribution is -0.117. The Bertz CT molecular complexity index is 519. The van der Waals surface area contributed by atoms with E-state index in [-0.39, 0.29) is 18.5 Å². The Hall–Kier alpha value is -2.09. The number of nitrogens with one attached hydrogen (secondary N) is 2. The van der Waals surface area contributed by atoms with Gasteiger partial charge in [0.15, 0.2) is 0 Å². The first-order chi connectivity index (χ1) is 8.90. The van der Waals surface area contributed by atoms with Crippen molar-refractivity contribution in [2.45, 2.75) is 6.42 Å². The summed E-state index contributed by atoms with van der Waals surface area (Å²) in [4.78, 5) is 32.8. The van der Waals surface area contributed by atoms with E-state index in [0.717, 1.165) is 0 Å². The average Bonchev–Trinajstić information content (AvgIpc) is 2.31. The Labute approximate surface area is 117 Å². The highest BCUT2D eigenvalue weighted by Crippen LogP contribution is 2.23. The molecule has 0 radical (unpaired) electrons. The summed E-state index contributed by atoms with van der Waals surface area (Å²) in [6.07, 6.45) is 0.0315. The van der Waals surface area contributed by atoms with E-state index in [0.29, 0.717) is 10.2 Å². The highest BCUT2D eigenvalue weighted by atomic mass is 79.9. The second kappa shape index (κ2) is 6.74. The summed E-state index contributed by atoms with van der Waals surface area (Å²) in [7, 11) is 0. The Kier molecular flexibility index (Phi) is 5.31. The number of halogens is 1. The molecule has 102 valence electrons. The predicted octanol–water partition coefficient (Wildman–Crippen LogP) is 1.14. The van der Waals surface area contributed by atoms with Crippen molar-refractivity contribution in [1.82, 2.24) is 5.32 Å². The van der Waals surface area contributed by atoms with Gasteiger partial charge in [-0.15, -0.1) is 0 Å². The SMILES string of the molecule is NC(=O)CCNC(=O)Nc1cc(C(=O)O)ccc1Br. The largest absolute Gasteiger partial charge is 0.478 e. The van der Waals surface area contributed by atoms with Gasteiger partial charge in [0.05, 0.1) is 11.3 Å². The zero-order valence-corrected chi connectivity index (χ0v) is 11.4. The van der Waals surface area contributed by atoms with E-state index in [9.17, 15) is 14.4 Å². The van der Waals surface area contributed by atoms with E-state index in [1.54, 1.807) is 0 Å². The molecular formula is C11H12BrN3O4. The van der Waals surface area contributed by atoms with Crippen LogP contribution in [0.1, 0.15) is 16.8 Å². The van der Waals surface area contributed by atoms with Crippen LogP contribution in [-0.2, 0) is 4.79 Å². The van der Waals surface area contributed by atoms with Crippen LogP contribution in [0.2, 0.25) is 0 Å². The second-order valence-electron chi connectivity index (χ2n) is 3.60. The molecule has 0 fully saturated rings. The van der Waals surface area contributed by atoms with Crippen molar-refractivity contribution in [3.63, 3.8) is 0 Å². The summed E-state index contributed by atoms with van der Waals surface area (Å²) < 4.78 is 0.544. The molecule has 0 aliphatic rings. The Morgan fingerprint density at radius 2 is 2.00 bits per heavy atom. The van der Waals surface area contributed by atoms with Gasteiger partial charge >= 0.3 is 12.0 Å². The Morgan fingerprint density at radius 3 is 2.58 bits per heavy atom. The molecule has 7 nitrogen and oxygen atoms in total. The molecule has 0 aliphatic heterocycles. The number of primary amides is 1. The first-order valence-corrected chi connectivity index (χ1v) is 6.05. The van der Waals surface area contributed by atoms with Gasteiger partial charge in [-0.05, 0) is 34.1 Å². The molecule has 0 heterocycles. The van der Waals surface area contributed by atoms with Crippen LogP contribution in [-0.4, -0.2) is 29.6 Å². The predicted molar refractivity (Wildman–Crippen MR) is 71.9 cm³/mol. The quantitative estimate of drug-likeness (QED) is 0.647. The van der Waals surface area contributed by atoms with Crippen LogP contribution in [0.3, 0.4) is 0 Å². The lowest BCUT2D eigenvalue weighted by atomic mass is 10.2. The van der Waals surface area contributed by atoms with Crippen molar-refractivity contribution < 1.29 is 19.5 Å². The lowest BCUT2D eigenvalue weighted by Crippen LogP contribution is -2.31. The van der Waals surface area contributed by atoms with E-state index in [1.807, 2.05) is 0 Å². The van der Waals surface area contributed by atoms with Crippen molar-refractivity contribution in [2.24, 2.45) is 5.73 Å². The van der Waals surface area contributed by atoms with Crippen molar-refractivity contribution in [3.8, 4) is 0 Å². The van der Waals surface area contributed by atoms with Gasteiger partial charge in [0, 0.05) is 17.4 Å². The number of nitrogens with two attached hydrogens (primary N) is 1. The summed E-state index contributed by atoms with van der Waals surface area (Å²) >= 11 is 3.19. The minimum absolute atomic E-state index is 0.0315. The molecule has 0 aliphatic carbocycles. The molecule has 0 aromatic heterocycles. The van der Waals surface area contributed by atoms with E-state index in [2.05, 4.69) is 26.6 Å². The first kappa shape index (κ1) is 15.0. The fraction of sp³-hybridized carbons (Fsp3) is 0.182. The number of benzene rings is 1. The molecule has 0 spiro atoms. The van der Waals surface area contributed by atoms with E-state index < -0.39 is 17.9 Å². The molecule has 1 rings (SSSR count). The summed E-state index contributed by atoms with van der Waals surface area (Å²) in [5.41, 5.74) is 5.29. The molecule has 3 amide bonds. The maximum Gasteiger partial charge on any atom is 0.335 e. The van der Waals surface area contributed by atoms with E-state index >= 15 is 0 Å². The second-order valence-corrected chi connectivity index (χ2v) is 4.45. The van der Waals surface area contributed by atoms with E-state index in [4.69, 9.17) is 10.8 Å². The maximum atomic E-state index is 11.5. The summed E-state index contributed by atoms with van der Waals surface area (Å²) in [6, 6.07) is 3.69. The highest BCUT2D eigenvalue weighted by Gasteiger charge is 2.09. The molecule has 5 N–H and O–H groups in total. The number of carboxylic acids is 1. The third-order valence-electron chi connectivity index (χ3n) is 2.12. The monoisotopic (exact) mass is 329 g/mol. The zero-order chi connectivity index (χ0) is 14.4. The summed E-state index contributed by atoms with van der Waals surface area (Å²) in [5.74, 6) is -1.61. The summed E-state index contributed by atoms with van der Waals surface area (Å²) in [6.45, 7) is 0.109. The fourth-order valence-electron chi connectivity index (χ4n) is 1.22. The van der Waals surface area contributed by atoms with Crippen molar-refractivity contribution in [2.75, 3.05) is 11.9 Å². The molecular weight excluding hydrogens is 318 g/mol. The fourth-order valence-corrected chi connectivity index (χ4v) is 1.57. The van der Waals surface area contributed by atoms with Gasteiger partial charge in [-0.25, -0.2) is 9.59 Å². The number of carboxylic acid groups (broad SMARTS) is 1. The van der Waals surface area contributed by atoms with Gasteiger partial charge in [-0.1, -0.05) is 0 Å². The minimum atomic E-state index is -1.09. The number of urea groups is 1. The number of hydrogen-bond donors (Lipinski definition) is 4. The summed E-state index contributed by atoms with van der Waals surface area (Å²) in [5, 5.41) is 13.7. The van der Waals surface area contributed by atoms with Crippen LogP contribution in [0, 0.1) is 0 Å². The van der Waals surface area contributed by atoms with Gasteiger partial charge in [-0.2, -0.15) is 0 Å². The van der Waals surface area contributed by atoms with Crippen LogP contribution < -0.4 is 16.4 Å². The number of carbonyl (C=O) groups is 3. The molecule has 0 bridgehead atoms.